The van der Waals surface area contributed by atoms with Crippen molar-refractivity contribution in [3.8, 4) is 0 Å². The molecular formula is C13H27NO3. The zero-order chi connectivity index (χ0) is 12.7. The second kappa shape index (κ2) is 7.31. The molecule has 0 aromatic heterocycles. The van der Waals surface area contributed by atoms with E-state index in [2.05, 4.69) is 13.8 Å². The van der Waals surface area contributed by atoms with Crippen LogP contribution in [0.15, 0.2) is 0 Å². The van der Waals surface area contributed by atoms with Crippen LogP contribution in [0.5, 0.6) is 0 Å². The van der Waals surface area contributed by atoms with Crippen LogP contribution in [0, 0.1) is 5.41 Å². The van der Waals surface area contributed by atoms with Crippen molar-refractivity contribution in [3.05, 3.63) is 0 Å². The molecule has 1 rings (SSSR count). The van der Waals surface area contributed by atoms with E-state index in [1.54, 1.807) is 7.11 Å². The normalized spacial score (nSPS) is 27.5. The number of hydrogen-bond donors (Lipinski definition) is 1. The van der Waals surface area contributed by atoms with Crippen molar-refractivity contribution in [3.63, 3.8) is 0 Å². The average Bonchev–Trinajstić information content (AvgIpc) is 2.54. The van der Waals surface area contributed by atoms with Crippen LogP contribution in [0.4, 0.5) is 0 Å². The molecule has 0 aromatic rings. The third-order valence-corrected chi connectivity index (χ3v) is 3.57. The van der Waals surface area contributed by atoms with Gasteiger partial charge in [0.2, 0.25) is 0 Å². The molecule has 1 aliphatic rings. The summed E-state index contributed by atoms with van der Waals surface area (Å²) < 4.78 is 16.2. The van der Waals surface area contributed by atoms with Crippen LogP contribution in [0.1, 0.15) is 33.1 Å². The lowest BCUT2D eigenvalue weighted by Crippen LogP contribution is -2.41. The van der Waals surface area contributed by atoms with Gasteiger partial charge in [-0.1, -0.05) is 13.8 Å². The largest absolute Gasteiger partial charge is 0.385 e. The fourth-order valence-electron chi connectivity index (χ4n) is 2.22. The van der Waals surface area contributed by atoms with Crippen LogP contribution >= 0.6 is 0 Å². The molecule has 102 valence electrons. The van der Waals surface area contributed by atoms with Crippen LogP contribution in [0.3, 0.4) is 0 Å². The smallest absolute Gasteiger partial charge is 0.0732 e. The molecular weight excluding hydrogens is 218 g/mol. The molecule has 1 saturated carbocycles. The van der Waals surface area contributed by atoms with Crippen molar-refractivity contribution < 1.29 is 14.2 Å². The first-order valence-electron chi connectivity index (χ1n) is 6.52. The highest BCUT2D eigenvalue weighted by Gasteiger charge is 2.39. The Morgan fingerprint density at radius 1 is 1.18 bits per heavy atom. The molecule has 0 amide bonds. The van der Waals surface area contributed by atoms with Gasteiger partial charge in [-0.05, 0) is 24.7 Å². The first-order valence-corrected chi connectivity index (χ1v) is 6.52. The minimum Gasteiger partial charge on any atom is -0.385 e. The number of rotatable bonds is 8. The van der Waals surface area contributed by atoms with Gasteiger partial charge in [0.1, 0.15) is 0 Å². The van der Waals surface area contributed by atoms with Gasteiger partial charge >= 0.3 is 0 Å². The molecule has 0 heterocycles. The summed E-state index contributed by atoms with van der Waals surface area (Å²) in [7, 11) is 1.70. The van der Waals surface area contributed by atoms with E-state index in [1.165, 1.54) is 0 Å². The summed E-state index contributed by atoms with van der Waals surface area (Å²) in [6.07, 6.45) is 3.35. The molecule has 0 radical (unpaired) electrons. The Labute approximate surface area is 105 Å². The van der Waals surface area contributed by atoms with E-state index in [0.717, 1.165) is 32.5 Å². The Bertz CT molecular complexity index is 209. The van der Waals surface area contributed by atoms with Crippen LogP contribution < -0.4 is 5.73 Å². The Morgan fingerprint density at radius 3 is 2.53 bits per heavy atom. The highest BCUT2D eigenvalue weighted by molar-refractivity contribution is 4.94. The van der Waals surface area contributed by atoms with Gasteiger partial charge in [-0.25, -0.2) is 0 Å². The Morgan fingerprint density at radius 2 is 1.94 bits per heavy atom. The summed E-state index contributed by atoms with van der Waals surface area (Å²) in [4.78, 5) is 0. The molecule has 0 bridgehead atoms. The van der Waals surface area contributed by atoms with Crippen molar-refractivity contribution in [2.75, 3.05) is 33.5 Å². The molecule has 4 heteroatoms. The maximum Gasteiger partial charge on any atom is 0.0732 e. The van der Waals surface area contributed by atoms with Gasteiger partial charge < -0.3 is 19.9 Å². The predicted molar refractivity (Wildman–Crippen MR) is 68.0 cm³/mol. The van der Waals surface area contributed by atoms with E-state index in [1.807, 2.05) is 0 Å². The van der Waals surface area contributed by atoms with Gasteiger partial charge in [-0.15, -0.1) is 0 Å². The van der Waals surface area contributed by atoms with E-state index < -0.39 is 0 Å². The fraction of sp³-hybridized carbons (Fsp3) is 1.00. The number of nitrogens with two attached hydrogens (primary N) is 1. The minimum absolute atomic E-state index is 0.149. The zero-order valence-corrected chi connectivity index (χ0v) is 11.4. The van der Waals surface area contributed by atoms with Gasteiger partial charge in [-0.3, -0.25) is 0 Å². The van der Waals surface area contributed by atoms with Crippen molar-refractivity contribution in [2.45, 2.75) is 45.3 Å². The van der Waals surface area contributed by atoms with Crippen LogP contribution in [0.25, 0.3) is 0 Å². The summed E-state index contributed by atoms with van der Waals surface area (Å²) in [5.74, 6) is 0. The van der Waals surface area contributed by atoms with E-state index in [9.17, 15) is 0 Å². The summed E-state index contributed by atoms with van der Waals surface area (Å²) in [6, 6.07) is 0.149. The first-order chi connectivity index (χ1) is 8.08. The quantitative estimate of drug-likeness (QED) is 0.660. The molecule has 0 saturated heterocycles. The third kappa shape index (κ3) is 4.92. The van der Waals surface area contributed by atoms with Gasteiger partial charge in [0, 0.05) is 26.4 Å². The van der Waals surface area contributed by atoms with Gasteiger partial charge in [0.05, 0.1) is 19.3 Å². The van der Waals surface area contributed by atoms with Gasteiger partial charge in [0.25, 0.3) is 0 Å². The average molecular weight is 245 g/mol. The molecule has 0 spiro atoms. The number of methoxy groups -OCH3 is 1. The molecule has 1 aliphatic carbocycles. The Kier molecular flexibility index (Phi) is 6.41. The second-order valence-electron chi connectivity index (χ2n) is 5.42. The summed E-state index contributed by atoms with van der Waals surface area (Å²) in [5.41, 5.74) is 6.37. The van der Waals surface area contributed by atoms with E-state index in [4.69, 9.17) is 19.9 Å². The van der Waals surface area contributed by atoms with Crippen LogP contribution in [0.2, 0.25) is 0 Å². The van der Waals surface area contributed by atoms with Gasteiger partial charge in [-0.2, -0.15) is 0 Å². The lowest BCUT2D eigenvalue weighted by atomic mass is 9.88. The summed E-state index contributed by atoms with van der Waals surface area (Å²) >= 11 is 0. The van der Waals surface area contributed by atoms with E-state index >= 15 is 0 Å². The molecule has 0 aliphatic heterocycles. The number of hydrogen-bond acceptors (Lipinski definition) is 4. The maximum atomic E-state index is 6.15. The highest BCUT2D eigenvalue weighted by Crippen LogP contribution is 2.37. The molecule has 1 fully saturated rings. The number of ether oxygens (including phenoxy) is 3. The minimum atomic E-state index is 0.149. The molecule has 17 heavy (non-hydrogen) atoms. The van der Waals surface area contributed by atoms with E-state index in [0.29, 0.717) is 13.2 Å². The topological polar surface area (TPSA) is 53.7 Å². The highest BCUT2D eigenvalue weighted by atomic mass is 16.5. The lowest BCUT2D eigenvalue weighted by Gasteiger charge is -2.26. The van der Waals surface area contributed by atoms with Crippen molar-refractivity contribution in [1.29, 1.82) is 0 Å². The van der Waals surface area contributed by atoms with Gasteiger partial charge in [0.15, 0.2) is 0 Å². The predicted octanol–water partition coefficient (Wildman–Crippen LogP) is 1.57. The molecule has 2 N–H and O–H groups in total. The van der Waals surface area contributed by atoms with Crippen LogP contribution in [-0.4, -0.2) is 45.7 Å². The maximum absolute atomic E-state index is 6.15. The monoisotopic (exact) mass is 245 g/mol. The molecule has 4 nitrogen and oxygen atoms in total. The fourth-order valence-corrected chi connectivity index (χ4v) is 2.22. The molecule has 2 atom stereocenters. The van der Waals surface area contributed by atoms with E-state index in [-0.39, 0.29) is 17.6 Å². The summed E-state index contributed by atoms with van der Waals surface area (Å²) in [5, 5.41) is 0. The molecule has 2 unspecified atom stereocenters. The summed E-state index contributed by atoms with van der Waals surface area (Å²) in [6.45, 7) is 7.20. The Hall–Kier alpha value is -0.160. The van der Waals surface area contributed by atoms with Crippen molar-refractivity contribution in [2.24, 2.45) is 11.1 Å². The zero-order valence-electron chi connectivity index (χ0n) is 11.4. The standard InChI is InChI=1S/C13H27NO3/c1-13(2)6-5-11(12(13)14)17-10-9-16-8-4-7-15-3/h11-12H,4-10,14H2,1-3H3. The van der Waals surface area contributed by atoms with Crippen molar-refractivity contribution in [1.82, 2.24) is 0 Å². The third-order valence-electron chi connectivity index (χ3n) is 3.57. The van der Waals surface area contributed by atoms with Crippen molar-refractivity contribution >= 4 is 0 Å². The Balaban J connectivity index is 2.00. The molecule has 0 aromatic carbocycles. The first kappa shape index (κ1) is 14.9. The second-order valence-corrected chi connectivity index (χ2v) is 5.42. The SMILES string of the molecule is COCCCOCCOC1CCC(C)(C)C1N. The lowest BCUT2D eigenvalue weighted by molar-refractivity contribution is -0.00663. The van der Waals surface area contributed by atoms with Crippen LogP contribution in [-0.2, 0) is 14.2 Å².